The number of fused-ring (bicyclic) bond motifs is 1. The summed E-state index contributed by atoms with van der Waals surface area (Å²) in [5.74, 6) is 0.849. The normalized spacial score (nSPS) is 22.0. The van der Waals surface area contributed by atoms with Crippen LogP contribution in [0.3, 0.4) is 0 Å². The van der Waals surface area contributed by atoms with Crippen molar-refractivity contribution in [2.45, 2.75) is 52.2 Å². The van der Waals surface area contributed by atoms with E-state index in [2.05, 4.69) is 10.3 Å². The second-order valence-corrected chi connectivity index (χ2v) is 8.33. The predicted octanol–water partition coefficient (Wildman–Crippen LogP) is 0.833. The molecule has 8 nitrogen and oxygen atoms in total. The maximum absolute atomic E-state index is 12.6. The summed E-state index contributed by atoms with van der Waals surface area (Å²) in [7, 11) is 0. The van der Waals surface area contributed by atoms with E-state index < -0.39 is 11.9 Å². The molecular formula is C19H28N4O4. The first-order valence-electron chi connectivity index (χ1n) is 9.29. The number of aromatic nitrogens is 1. The number of nitrogens with zero attached hydrogens (tertiary/aromatic N) is 2. The monoisotopic (exact) mass is 376 g/mol. The third-order valence-electron chi connectivity index (χ3n) is 4.69. The topological polar surface area (TPSA) is 107 Å². The molecule has 1 fully saturated rings. The second kappa shape index (κ2) is 7.72. The molecule has 1 aromatic heterocycles. The minimum absolute atomic E-state index is 0.0126. The van der Waals surface area contributed by atoms with Gasteiger partial charge in [0.1, 0.15) is 19.3 Å². The van der Waals surface area contributed by atoms with E-state index in [9.17, 15) is 9.59 Å². The van der Waals surface area contributed by atoms with Gasteiger partial charge in [0, 0.05) is 31.6 Å². The highest BCUT2D eigenvalue weighted by molar-refractivity contribution is 5.87. The zero-order valence-electron chi connectivity index (χ0n) is 16.2. The zero-order chi connectivity index (χ0) is 19.6. The number of amides is 2. The van der Waals surface area contributed by atoms with E-state index >= 15 is 0 Å². The van der Waals surface area contributed by atoms with Gasteiger partial charge in [-0.15, -0.1) is 0 Å². The molecule has 0 aliphatic carbocycles. The fourth-order valence-electron chi connectivity index (χ4n) is 3.42. The number of hydrogen-bond acceptors (Lipinski definition) is 6. The lowest BCUT2D eigenvalue weighted by molar-refractivity contribution is -0.138. The average Bonchev–Trinajstić information content (AvgIpc) is 3.03. The molecule has 1 saturated heterocycles. The molecular weight excluding hydrogens is 348 g/mol. The number of nitrogens with one attached hydrogen (secondary N) is 1. The number of carbonyl (C=O) groups is 2. The molecule has 3 heterocycles. The predicted molar refractivity (Wildman–Crippen MR) is 99.2 cm³/mol. The zero-order valence-corrected chi connectivity index (χ0v) is 16.2. The highest BCUT2D eigenvalue weighted by Gasteiger charge is 2.39. The third kappa shape index (κ3) is 4.88. The van der Waals surface area contributed by atoms with Gasteiger partial charge in [0.25, 0.3) is 0 Å². The van der Waals surface area contributed by atoms with Crippen LogP contribution in [-0.4, -0.2) is 53.5 Å². The molecule has 0 spiro atoms. The first-order valence-corrected chi connectivity index (χ1v) is 9.29. The molecule has 0 bridgehead atoms. The summed E-state index contributed by atoms with van der Waals surface area (Å²) in [6.07, 6.45) is 2.55. The number of ether oxygens (including phenoxy) is 2. The van der Waals surface area contributed by atoms with E-state index in [4.69, 9.17) is 15.2 Å². The van der Waals surface area contributed by atoms with Crippen LogP contribution in [0.2, 0.25) is 0 Å². The van der Waals surface area contributed by atoms with Crippen LogP contribution in [0.25, 0.3) is 0 Å². The van der Waals surface area contributed by atoms with Gasteiger partial charge in [0.05, 0.1) is 11.9 Å². The van der Waals surface area contributed by atoms with Crippen LogP contribution in [0.5, 0.6) is 11.5 Å². The van der Waals surface area contributed by atoms with Gasteiger partial charge in [0.2, 0.25) is 11.8 Å². The van der Waals surface area contributed by atoms with Crippen LogP contribution in [0.4, 0.5) is 0 Å². The SMILES string of the molecule is CC(C)(C)CC(=O)N1C[C@H](NCc2cc3c(cn2)OCCO3)C[C@H]1C(N)=O. The quantitative estimate of drug-likeness (QED) is 0.788. The first kappa shape index (κ1) is 19.4. The van der Waals surface area contributed by atoms with Gasteiger partial charge in [0.15, 0.2) is 11.5 Å². The van der Waals surface area contributed by atoms with Crippen molar-refractivity contribution < 1.29 is 19.1 Å². The summed E-state index contributed by atoms with van der Waals surface area (Å²) in [5.41, 5.74) is 6.21. The van der Waals surface area contributed by atoms with E-state index in [1.54, 1.807) is 11.1 Å². The Hall–Kier alpha value is -2.35. The first-order chi connectivity index (χ1) is 12.7. The van der Waals surface area contributed by atoms with E-state index in [0.717, 1.165) is 5.69 Å². The van der Waals surface area contributed by atoms with Crippen molar-refractivity contribution in [1.29, 1.82) is 0 Å². The minimum atomic E-state index is -0.564. The lowest BCUT2D eigenvalue weighted by atomic mass is 9.91. The van der Waals surface area contributed by atoms with Gasteiger partial charge in [-0.3, -0.25) is 14.6 Å². The van der Waals surface area contributed by atoms with Crippen molar-refractivity contribution in [3.63, 3.8) is 0 Å². The Bertz CT molecular complexity index is 716. The molecule has 1 aromatic rings. The molecule has 0 unspecified atom stereocenters. The molecule has 2 aliphatic rings. The summed E-state index contributed by atoms with van der Waals surface area (Å²) >= 11 is 0. The van der Waals surface area contributed by atoms with Gasteiger partial charge in [-0.05, 0) is 11.8 Å². The number of hydrogen-bond donors (Lipinski definition) is 2. The molecule has 3 N–H and O–H groups in total. The van der Waals surface area contributed by atoms with Gasteiger partial charge in [-0.25, -0.2) is 0 Å². The van der Waals surface area contributed by atoms with Crippen molar-refractivity contribution in [2.75, 3.05) is 19.8 Å². The lowest BCUT2D eigenvalue weighted by Gasteiger charge is -2.26. The summed E-state index contributed by atoms with van der Waals surface area (Å²) in [5, 5.41) is 3.38. The Morgan fingerprint density at radius 3 is 2.67 bits per heavy atom. The smallest absolute Gasteiger partial charge is 0.240 e. The molecule has 8 heteroatoms. The number of primary amides is 1. The summed E-state index contributed by atoms with van der Waals surface area (Å²) in [4.78, 5) is 30.4. The van der Waals surface area contributed by atoms with Crippen LogP contribution < -0.4 is 20.5 Å². The highest BCUT2D eigenvalue weighted by atomic mass is 16.6. The summed E-state index contributed by atoms with van der Waals surface area (Å²) < 4.78 is 11.0. The Balaban J connectivity index is 1.61. The summed E-state index contributed by atoms with van der Waals surface area (Å²) in [6.45, 7) is 8.04. The highest BCUT2D eigenvalue weighted by Crippen LogP contribution is 2.29. The lowest BCUT2D eigenvalue weighted by Crippen LogP contribution is -2.44. The molecule has 2 aliphatic heterocycles. The molecule has 27 heavy (non-hydrogen) atoms. The Morgan fingerprint density at radius 2 is 2.00 bits per heavy atom. The molecule has 3 rings (SSSR count). The Morgan fingerprint density at radius 1 is 1.30 bits per heavy atom. The fraction of sp³-hybridized carbons (Fsp3) is 0.632. The number of nitrogens with two attached hydrogens (primary N) is 1. The van der Waals surface area contributed by atoms with Crippen molar-refractivity contribution in [1.82, 2.24) is 15.2 Å². The molecule has 0 radical (unpaired) electrons. The third-order valence-corrected chi connectivity index (χ3v) is 4.69. The van der Waals surface area contributed by atoms with Gasteiger partial charge >= 0.3 is 0 Å². The van der Waals surface area contributed by atoms with Gasteiger partial charge < -0.3 is 25.4 Å². The maximum Gasteiger partial charge on any atom is 0.240 e. The van der Waals surface area contributed by atoms with Crippen molar-refractivity contribution in [3.8, 4) is 11.5 Å². The number of carbonyl (C=O) groups excluding carboxylic acids is 2. The Kier molecular flexibility index (Phi) is 5.55. The number of likely N-dealkylation sites (tertiary alicyclic amines) is 1. The minimum Gasteiger partial charge on any atom is -0.486 e. The molecule has 0 aromatic carbocycles. The van der Waals surface area contributed by atoms with E-state index in [0.29, 0.717) is 50.6 Å². The van der Waals surface area contributed by atoms with Crippen LogP contribution >= 0.6 is 0 Å². The van der Waals surface area contributed by atoms with Crippen molar-refractivity contribution in [2.24, 2.45) is 11.1 Å². The van der Waals surface area contributed by atoms with E-state index in [1.807, 2.05) is 26.8 Å². The average molecular weight is 376 g/mol. The van der Waals surface area contributed by atoms with Crippen molar-refractivity contribution in [3.05, 3.63) is 18.0 Å². The van der Waals surface area contributed by atoms with Crippen LogP contribution in [0, 0.1) is 5.41 Å². The van der Waals surface area contributed by atoms with Gasteiger partial charge in [-0.1, -0.05) is 20.8 Å². The van der Waals surface area contributed by atoms with E-state index in [1.165, 1.54) is 0 Å². The maximum atomic E-state index is 12.6. The van der Waals surface area contributed by atoms with E-state index in [-0.39, 0.29) is 17.4 Å². The molecule has 2 atom stereocenters. The number of pyridine rings is 1. The van der Waals surface area contributed by atoms with Crippen molar-refractivity contribution >= 4 is 11.8 Å². The number of rotatable bonds is 5. The Labute approximate surface area is 159 Å². The molecule has 0 saturated carbocycles. The molecule has 148 valence electrons. The second-order valence-electron chi connectivity index (χ2n) is 8.33. The largest absolute Gasteiger partial charge is 0.486 e. The van der Waals surface area contributed by atoms with Crippen LogP contribution in [0.1, 0.15) is 39.3 Å². The standard InChI is InChI=1S/C19H28N4O4/c1-19(2,3)8-17(24)23-11-13(6-14(23)18(20)25)21-9-12-7-15-16(10-22-12)27-5-4-26-15/h7,10,13-14,21H,4-6,8-9,11H2,1-3H3,(H2,20,25)/t13-,14+/m1/s1. The molecule has 2 amide bonds. The summed E-state index contributed by atoms with van der Waals surface area (Å²) in [6, 6.07) is 1.27. The van der Waals surface area contributed by atoms with Gasteiger partial charge in [-0.2, -0.15) is 0 Å². The van der Waals surface area contributed by atoms with Crippen LogP contribution in [0.15, 0.2) is 12.3 Å². The fourth-order valence-corrected chi connectivity index (χ4v) is 3.42. The van der Waals surface area contributed by atoms with Crippen LogP contribution in [-0.2, 0) is 16.1 Å².